The molecule has 0 radical (unpaired) electrons. The highest BCUT2D eigenvalue weighted by Gasteiger charge is 2.28. The van der Waals surface area contributed by atoms with Crippen LogP contribution in [0.4, 0.5) is 5.95 Å². The molecule has 0 aliphatic carbocycles. The van der Waals surface area contributed by atoms with Gasteiger partial charge in [0.1, 0.15) is 0 Å². The molecule has 0 unspecified atom stereocenters. The lowest BCUT2D eigenvalue weighted by atomic mass is 10.2. The van der Waals surface area contributed by atoms with Crippen molar-refractivity contribution in [2.45, 2.75) is 37.8 Å². The van der Waals surface area contributed by atoms with Gasteiger partial charge in [0.15, 0.2) is 16.3 Å². The summed E-state index contributed by atoms with van der Waals surface area (Å²) < 4.78 is 10.3. The van der Waals surface area contributed by atoms with E-state index in [2.05, 4.69) is 14.9 Å². The molecule has 10 nitrogen and oxygen atoms in total. The van der Waals surface area contributed by atoms with Crippen molar-refractivity contribution >= 4 is 28.9 Å². The lowest BCUT2D eigenvalue weighted by Crippen LogP contribution is -2.46. The Bertz CT molecular complexity index is 1160. The van der Waals surface area contributed by atoms with Gasteiger partial charge in [0.2, 0.25) is 5.95 Å². The van der Waals surface area contributed by atoms with Gasteiger partial charge in [-0.3, -0.25) is 13.9 Å². The Morgan fingerprint density at radius 3 is 2.43 bits per heavy atom. The topological polar surface area (TPSA) is 100 Å². The van der Waals surface area contributed by atoms with E-state index in [9.17, 15) is 9.59 Å². The Balaban J connectivity index is 1.78. The second-order valence-corrected chi connectivity index (χ2v) is 8.55. The summed E-state index contributed by atoms with van der Waals surface area (Å²) in [7, 11) is 3.13. The SMILES string of the molecule is C[C@@H]1CN(c2nc3c(c(=O)n(C)c(=O)n3C)n2CCSc2ncccn2)C[C@@H](C)O1. The van der Waals surface area contributed by atoms with Gasteiger partial charge in [-0.05, 0) is 19.9 Å². The van der Waals surface area contributed by atoms with E-state index in [1.165, 1.54) is 23.4 Å². The molecule has 30 heavy (non-hydrogen) atoms. The van der Waals surface area contributed by atoms with Crippen molar-refractivity contribution in [3.63, 3.8) is 0 Å². The van der Waals surface area contributed by atoms with Gasteiger partial charge in [0, 0.05) is 51.9 Å². The zero-order chi connectivity index (χ0) is 21.4. The minimum absolute atomic E-state index is 0.0424. The van der Waals surface area contributed by atoms with E-state index in [1.54, 1.807) is 25.5 Å². The summed E-state index contributed by atoms with van der Waals surface area (Å²) in [6.07, 6.45) is 3.49. The van der Waals surface area contributed by atoms with E-state index >= 15 is 0 Å². The molecule has 4 rings (SSSR count). The van der Waals surface area contributed by atoms with E-state index in [0.717, 1.165) is 4.57 Å². The van der Waals surface area contributed by atoms with Crippen molar-refractivity contribution in [2.75, 3.05) is 23.7 Å². The molecule has 0 amide bonds. The average molecular weight is 432 g/mol. The van der Waals surface area contributed by atoms with Crippen LogP contribution >= 0.6 is 11.8 Å². The Labute approximate surface area is 177 Å². The van der Waals surface area contributed by atoms with E-state index in [1.807, 2.05) is 18.4 Å². The highest BCUT2D eigenvalue weighted by molar-refractivity contribution is 7.99. The molecule has 0 saturated carbocycles. The highest BCUT2D eigenvalue weighted by Crippen LogP contribution is 2.24. The van der Waals surface area contributed by atoms with Crippen LogP contribution in [0.1, 0.15) is 13.8 Å². The summed E-state index contributed by atoms with van der Waals surface area (Å²) in [6, 6.07) is 1.77. The third kappa shape index (κ3) is 3.74. The van der Waals surface area contributed by atoms with Gasteiger partial charge in [-0.25, -0.2) is 14.8 Å². The van der Waals surface area contributed by atoms with Crippen molar-refractivity contribution in [3.8, 4) is 0 Å². The summed E-state index contributed by atoms with van der Waals surface area (Å²) in [6.45, 7) is 5.90. The fourth-order valence-corrected chi connectivity index (χ4v) is 4.54. The molecule has 1 fully saturated rings. The van der Waals surface area contributed by atoms with Gasteiger partial charge in [-0.1, -0.05) is 11.8 Å². The molecule has 0 N–H and O–H groups in total. The molecule has 4 heterocycles. The van der Waals surface area contributed by atoms with Crippen molar-refractivity contribution in [2.24, 2.45) is 14.1 Å². The number of hydrogen-bond acceptors (Lipinski definition) is 8. The number of anilines is 1. The predicted molar refractivity (Wildman–Crippen MR) is 115 cm³/mol. The van der Waals surface area contributed by atoms with E-state index in [-0.39, 0.29) is 23.5 Å². The average Bonchev–Trinajstić information content (AvgIpc) is 3.10. The maximum Gasteiger partial charge on any atom is 0.332 e. The van der Waals surface area contributed by atoms with Crippen molar-refractivity contribution in [1.29, 1.82) is 0 Å². The van der Waals surface area contributed by atoms with E-state index in [0.29, 0.717) is 47.7 Å². The smallest absolute Gasteiger partial charge is 0.332 e. The fourth-order valence-electron chi connectivity index (χ4n) is 3.82. The second kappa shape index (κ2) is 8.23. The lowest BCUT2D eigenvalue weighted by Gasteiger charge is -2.36. The van der Waals surface area contributed by atoms with Gasteiger partial charge in [0.05, 0.1) is 12.2 Å². The summed E-state index contributed by atoms with van der Waals surface area (Å²) >= 11 is 1.51. The number of hydrogen-bond donors (Lipinski definition) is 0. The second-order valence-electron chi connectivity index (χ2n) is 7.48. The highest BCUT2D eigenvalue weighted by atomic mass is 32.2. The molecule has 3 aromatic rings. The number of nitrogens with zero attached hydrogens (tertiary/aromatic N) is 7. The zero-order valence-corrected chi connectivity index (χ0v) is 18.3. The third-order valence-corrected chi connectivity index (χ3v) is 5.97. The van der Waals surface area contributed by atoms with Crippen LogP contribution in [-0.4, -0.2) is 59.7 Å². The predicted octanol–water partition coefficient (Wildman–Crippen LogP) is 0.630. The van der Waals surface area contributed by atoms with Gasteiger partial charge in [-0.15, -0.1) is 0 Å². The number of fused-ring (bicyclic) bond motifs is 1. The molecule has 11 heteroatoms. The maximum atomic E-state index is 13.0. The van der Waals surface area contributed by atoms with Crippen LogP contribution in [0, 0.1) is 0 Å². The summed E-state index contributed by atoms with van der Waals surface area (Å²) in [5, 5.41) is 0.678. The first kappa shape index (κ1) is 20.6. The number of morpholine rings is 1. The first-order valence-corrected chi connectivity index (χ1v) is 10.8. The normalized spacial score (nSPS) is 19.5. The number of thioether (sulfide) groups is 1. The molecule has 0 spiro atoms. The Morgan fingerprint density at radius 2 is 1.77 bits per heavy atom. The number of rotatable bonds is 5. The van der Waals surface area contributed by atoms with Crippen molar-refractivity contribution in [3.05, 3.63) is 39.3 Å². The summed E-state index contributed by atoms with van der Waals surface area (Å²) in [5.74, 6) is 1.34. The minimum atomic E-state index is -0.389. The molecule has 3 aromatic heterocycles. The van der Waals surface area contributed by atoms with Crippen molar-refractivity contribution in [1.82, 2.24) is 28.7 Å². The molecule has 160 valence electrons. The minimum Gasteiger partial charge on any atom is -0.372 e. The van der Waals surface area contributed by atoms with Crippen LogP contribution in [0.2, 0.25) is 0 Å². The number of imidazole rings is 1. The van der Waals surface area contributed by atoms with E-state index in [4.69, 9.17) is 9.72 Å². The van der Waals surface area contributed by atoms with E-state index < -0.39 is 0 Å². The van der Waals surface area contributed by atoms with Crippen LogP contribution in [0.5, 0.6) is 0 Å². The summed E-state index contributed by atoms with van der Waals surface area (Å²) in [5.41, 5.74) is 0.0866. The molecular formula is C19H25N7O3S. The summed E-state index contributed by atoms with van der Waals surface area (Å²) in [4.78, 5) is 40.8. The molecule has 1 saturated heterocycles. The quantitative estimate of drug-likeness (QED) is 0.428. The van der Waals surface area contributed by atoms with Gasteiger partial charge in [-0.2, -0.15) is 4.98 Å². The Kier molecular flexibility index (Phi) is 5.65. The Morgan fingerprint density at radius 1 is 1.10 bits per heavy atom. The Hall–Kier alpha value is -2.66. The number of ether oxygens (including phenoxy) is 1. The molecule has 0 aromatic carbocycles. The van der Waals surface area contributed by atoms with Crippen LogP contribution in [0.15, 0.2) is 33.2 Å². The zero-order valence-electron chi connectivity index (χ0n) is 17.5. The fraction of sp³-hybridized carbons (Fsp3) is 0.526. The maximum absolute atomic E-state index is 13.0. The first-order chi connectivity index (χ1) is 14.4. The largest absolute Gasteiger partial charge is 0.372 e. The molecule has 0 bridgehead atoms. The number of aromatic nitrogens is 6. The van der Waals surface area contributed by atoms with Crippen LogP contribution in [-0.2, 0) is 25.4 Å². The van der Waals surface area contributed by atoms with Crippen LogP contribution in [0.25, 0.3) is 11.2 Å². The lowest BCUT2D eigenvalue weighted by molar-refractivity contribution is -0.00586. The van der Waals surface area contributed by atoms with Crippen molar-refractivity contribution < 1.29 is 4.74 Å². The van der Waals surface area contributed by atoms with Gasteiger partial charge < -0.3 is 14.2 Å². The molecular weight excluding hydrogens is 406 g/mol. The van der Waals surface area contributed by atoms with Gasteiger partial charge in [0.25, 0.3) is 5.56 Å². The molecule has 2 atom stereocenters. The first-order valence-electron chi connectivity index (χ1n) is 9.83. The molecule has 1 aliphatic heterocycles. The number of aryl methyl sites for hydroxylation is 2. The molecule has 1 aliphatic rings. The van der Waals surface area contributed by atoms with Crippen LogP contribution < -0.4 is 16.1 Å². The monoisotopic (exact) mass is 431 g/mol. The standard InChI is InChI=1S/C19H25N7O3S/c1-12-10-25(11-13(2)29-12)18-22-15-14(16(27)24(4)19(28)23(15)3)26(18)8-9-30-17-20-6-5-7-21-17/h5-7,12-13H,8-11H2,1-4H3/t12-,13-/m1/s1. The third-order valence-electron chi connectivity index (χ3n) is 5.12. The van der Waals surface area contributed by atoms with Gasteiger partial charge >= 0.3 is 5.69 Å². The van der Waals surface area contributed by atoms with Crippen LogP contribution in [0.3, 0.4) is 0 Å².